The fourth-order valence-electron chi connectivity index (χ4n) is 2.87. The minimum atomic E-state index is -0.194. The van der Waals surface area contributed by atoms with E-state index in [-0.39, 0.29) is 23.8 Å². The van der Waals surface area contributed by atoms with E-state index in [0.29, 0.717) is 10.7 Å². The van der Waals surface area contributed by atoms with Crippen LogP contribution >= 0.6 is 11.6 Å². The van der Waals surface area contributed by atoms with E-state index in [1.165, 1.54) is 0 Å². The van der Waals surface area contributed by atoms with Crippen LogP contribution in [0.25, 0.3) is 0 Å². The molecule has 0 bridgehead atoms. The number of hydrogen-bond acceptors (Lipinski definition) is 2. The number of anilines is 1. The monoisotopic (exact) mass is 305 g/mol. The number of nitrogens with one attached hydrogen (secondary N) is 1. The first kappa shape index (κ1) is 15.9. The van der Waals surface area contributed by atoms with E-state index in [1.54, 1.807) is 18.2 Å². The molecular formula is C17H20ClNO2. The van der Waals surface area contributed by atoms with E-state index in [9.17, 15) is 4.79 Å². The molecule has 0 radical (unpaired) electrons. The summed E-state index contributed by atoms with van der Waals surface area (Å²) in [6.45, 7) is 4.07. The highest BCUT2D eigenvalue weighted by Gasteiger charge is 2.39. The first-order valence-corrected chi connectivity index (χ1v) is 7.52. The van der Waals surface area contributed by atoms with E-state index < -0.39 is 0 Å². The average Bonchev–Trinajstić information content (AvgIpc) is 2.79. The number of aliphatic hydroxyl groups excluding tert-OH is 1. The molecule has 1 aliphatic carbocycles. The number of aliphatic hydroxyl groups is 1. The van der Waals surface area contributed by atoms with Crippen molar-refractivity contribution in [3.05, 3.63) is 28.8 Å². The third-order valence-corrected chi connectivity index (χ3v) is 4.44. The van der Waals surface area contributed by atoms with Crippen LogP contribution in [-0.4, -0.2) is 17.6 Å². The zero-order valence-electron chi connectivity index (χ0n) is 12.4. The Labute approximate surface area is 130 Å². The minimum Gasteiger partial charge on any atom is -0.384 e. The summed E-state index contributed by atoms with van der Waals surface area (Å²) in [6, 6.07) is 5.21. The molecule has 2 rings (SSSR count). The van der Waals surface area contributed by atoms with Crippen LogP contribution in [0.3, 0.4) is 0 Å². The van der Waals surface area contributed by atoms with E-state index >= 15 is 0 Å². The number of carbonyl (C=O) groups is 1. The number of rotatable bonds is 2. The van der Waals surface area contributed by atoms with Gasteiger partial charge in [-0.05, 0) is 36.5 Å². The highest BCUT2D eigenvalue weighted by atomic mass is 35.5. The lowest BCUT2D eigenvalue weighted by Crippen LogP contribution is -2.30. The van der Waals surface area contributed by atoms with Gasteiger partial charge in [0.25, 0.3) is 0 Å². The lowest BCUT2D eigenvalue weighted by molar-refractivity contribution is -0.122. The van der Waals surface area contributed by atoms with Gasteiger partial charge in [-0.2, -0.15) is 0 Å². The minimum absolute atomic E-state index is 0.0146. The van der Waals surface area contributed by atoms with Crippen LogP contribution in [0.1, 0.15) is 38.7 Å². The number of hydrogen-bond donors (Lipinski definition) is 2. The van der Waals surface area contributed by atoms with Crippen LogP contribution in [0.4, 0.5) is 5.69 Å². The van der Waals surface area contributed by atoms with Crippen LogP contribution in [0.5, 0.6) is 0 Å². The highest BCUT2D eigenvalue weighted by Crippen LogP contribution is 2.43. The molecule has 3 nitrogen and oxygen atoms in total. The van der Waals surface area contributed by atoms with Gasteiger partial charge >= 0.3 is 0 Å². The summed E-state index contributed by atoms with van der Waals surface area (Å²) in [4.78, 5) is 12.5. The summed E-state index contributed by atoms with van der Waals surface area (Å²) in [7, 11) is 0. The average molecular weight is 306 g/mol. The van der Waals surface area contributed by atoms with Gasteiger partial charge in [-0.15, -0.1) is 0 Å². The third-order valence-electron chi connectivity index (χ3n) is 4.11. The lowest BCUT2D eigenvalue weighted by Gasteiger charge is -2.26. The summed E-state index contributed by atoms with van der Waals surface area (Å²) < 4.78 is 0. The number of amides is 1. The SMILES string of the molecule is CC1(C)CCCC1C(=O)Nc1cc(C#CCO)ccc1Cl. The standard InChI is InChI=1S/C17H20ClNO2/c1-17(2)9-3-6-13(17)16(21)19-15-11-12(5-4-10-20)7-8-14(15)18/h7-8,11,13,20H,3,6,9-10H2,1-2H3,(H,19,21). The fraction of sp³-hybridized carbons (Fsp3) is 0.471. The van der Waals surface area contributed by atoms with Crippen LogP contribution in [-0.2, 0) is 4.79 Å². The number of halogens is 1. The molecular weight excluding hydrogens is 286 g/mol. The molecule has 1 saturated carbocycles. The van der Waals surface area contributed by atoms with Crippen molar-refractivity contribution in [2.75, 3.05) is 11.9 Å². The van der Waals surface area contributed by atoms with Gasteiger partial charge in [0.2, 0.25) is 5.91 Å². The van der Waals surface area contributed by atoms with Gasteiger partial charge in [0.15, 0.2) is 0 Å². The van der Waals surface area contributed by atoms with Crippen LogP contribution in [0.2, 0.25) is 5.02 Å². The van der Waals surface area contributed by atoms with Crippen molar-refractivity contribution >= 4 is 23.2 Å². The molecule has 21 heavy (non-hydrogen) atoms. The summed E-state index contributed by atoms with van der Waals surface area (Å²) in [5, 5.41) is 12.1. The van der Waals surface area contributed by atoms with E-state index in [2.05, 4.69) is 31.0 Å². The predicted octanol–water partition coefficient (Wildman–Crippen LogP) is 3.45. The molecule has 0 heterocycles. The van der Waals surface area contributed by atoms with Crippen molar-refractivity contribution in [3.63, 3.8) is 0 Å². The summed E-state index contributed by atoms with van der Waals surface area (Å²) >= 11 is 6.14. The smallest absolute Gasteiger partial charge is 0.228 e. The Morgan fingerprint density at radius 1 is 1.52 bits per heavy atom. The Hall–Kier alpha value is -1.50. The molecule has 0 spiro atoms. The molecule has 1 fully saturated rings. The summed E-state index contributed by atoms with van der Waals surface area (Å²) in [6.07, 6.45) is 3.07. The molecule has 4 heteroatoms. The second kappa shape index (κ2) is 6.51. The van der Waals surface area contributed by atoms with E-state index in [0.717, 1.165) is 24.8 Å². The normalized spacial score (nSPS) is 19.7. The van der Waals surface area contributed by atoms with Crippen molar-refractivity contribution in [1.82, 2.24) is 0 Å². The summed E-state index contributed by atoms with van der Waals surface area (Å²) in [5.74, 6) is 5.43. The Morgan fingerprint density at radius 3 is 2.90 bits per heavy atom. The summed E-state index contributed by atoms with van der Waals surface area (Å²) in [5.41, 5.74) is 1.33. The maximum atomic E-state index is 12.5. The second-order valence-corrected chi connectivity index (χ2v) is 6.48. The van der Waals surface area contributed by atoms with Gasteiger partial charge in [-0.1, -0.05) is 43.7 Å². The van der Waals surface area contributed by atoms with Crippen molar-refractivity contribution < 1.29 is 9.90 Å². The molecule has 1 unspecified atom stereocenters. The Kier molecular flexibility index (Phi) is 4.92. The molecule has 2 N–H and O–H groups in total. The zero-order valence-corrected chi connectivity index (χ0v) is 13.1. The zero-order chi connectivity index (χ0) is 15.5. The quantitative estimate of drug-likeness (QED) is 0.822. The molecule has 0 aliphatic heterocycles. The Morgan fingerprint density at radius 2 is 2.29 bits per heavy atom. The van der Waals surface area contributed by atoms with E-state index in [4.69, 9.17) is 16.7 Å². The van der Waals surface area contributed by atoms with Crippen molar-refractivity contribution in [2.24, 2.45) is 11.3 Å². The van der Waals surface area contributed by atoms with Crippen LogP contribution in [0, 0.1) is 23.2 Å². The molecule has 1 aromatic rings. The van der Waals surface area contributed by atoms with E-state index in [1.807, 2.05) is 0 Å². The number of carbonyl (C=O) groups excluding carboxylic acids is 1. The van der Waals surface area contributed by atoms with Crippen molar-refractivity contribution in [2.45, 2.75) is 33.1 Å². The highest BCUT2D eigenvalue weighted by molar-refractivity contribution is 6.33. The fourth-order valence-corrected chi connectivity index (χ4v) is 3.04. The Balaban J connectivity index is 2.17. The van der Waals surface area contributed by atoms with Crippen molar-refractivity contribution in [1.29, 1.82) is 0 Å². The predicted molar refractivity (Wildman–Crippen MR) is 85.2 cm³/mol. The molecule has 1 amide bonds. The topological polar surface area (TPSA) is 49.3 Å². The lowest BCUT2D eigenvalue weighted by atomic mass is 9.81. The molecule has 0 saturated heterocycles. The first-order chi connectivity index (χ1) is 9.94. The van der Waals surface area contributed by atoms with Crippen molar-refractivity contribution in [3.8, 4) is 11.8 Å². The maximum absolute atomic E-state index is 12.5. The molecule has 112 valence electrons. The van der Waals surface area contributed by atoms with Gasteiger partial charge in [0.05, 0.1) is 10.7 Å². The maximum Gasteiger partial charge on any atom is 0.228 e. The first-order valence-electron chi connectivity index (χ1n) is 7.14. The molecule has 0 aromatic heterocycles. The third kappa shape index (κ3) is 3.78. The molecule has 1 aromatic carbocycles. The van der Waals surface area contributed by atoms with Crippen LogP contribution < -0.4 is 5.32 Å². The number of benzene rings is 1. The van der Waals surface area contributed by atoms with Gasteiger partial charge in [0.1, 0.15) is 6.61 Å². The van der Waals surface area contributed by atoms with Crippen LogP contribution in [0.15, 0.2) is 18.2 Å². The Bertz CT molecular complexity index is 599. The largest absolute Gasteiger partial charge is 0.384 e. The van der Waals surface area contributed by atoms with Gasteiger partial charge < -0.3 is 10.4 Å². The van der Waals surface area contributed by atoms with Gasteiger partial charge in [0, 0.05) is 11.5 Å². The van der Waals surface area contributed by atoms with Gasteiger partial charge in [-0.25, -0.2) is 0 Å². The second-order valence-electron chi connectivity index (χ2n) is 6.08. The molecule has 1 atom stereocenters. The van der Waals surface area contributed by atoms with Gasteiger partial charge in [-0.3, -0.25) is 4.79 Å². The molecule has 1 aliphatic rings.